The molecular weight excluding hydrogens is 244 g/mol. The Morgan fingerprint density at radius 3 is 2.63 bits per heavy atom. The maximum atomic E-state index is 8.75. The van der Waals surface area contributed by atoms with Crippen LogP contribution in [0.15, 0.2) is 5.16 Å². The summed E-state index contributed by atoms with van der Waals surface area (Å²) in [6.45, 7) is 6.31. The second-order valence-electron chi connectivity index (χ2n) is 5.45. The first-order valence-corrected chi connectivity index (χ1v) is 7.30. The molecule has 0 atom stereocenters. The lowest BCUT2D eigenvalue weighted by atomic mass is 10.2. The van der Waals surface area contributed by atoms with Crippen LogP contribution in [0.25, 0.3) is 0 Å². The summed E-state index contributed by atoms with van der Waals surface area (Å²) in [5.41, 5.74) is 5.67. The fourth-order valence-electron chi connectivity index (χ4n) is 2.99. The Bertz CT molecular complexity index is 286. The number of morpholine rings is 1. The lowest BCUT2D eigenvalue weighted by molar-refractivity contribution is 0.0320. The zero-order valence-electron chi connectivity index (χ0n) is 11.6. The molecule has 19 heavy (non-hydrogen) atoms. The molecule has 1 saturated carbocycles. The van der Waals surface area contributed by atoms with Crippen molar-refractivity contribution >= 4 is 5.84 Å². The van der Waals surface area contributed by atoms with Gasteiger partial charge in [-0.3, -0.25) is 9.80 Å². The van der Waals surface area contributed by atoms with Crippen LogP contribution >= 0.6 is 0 Å². The molecule has 2 fully saturated rings. The van der Waals surface area contributed by atoms with Gasteiger partial charge in [0.1, 0.15) is 0 Å². The van der Waals surface area contributed by atoms with Crippen molar-refractivity contribution in [2.45, 2.75) is 31.7 Å². The summed E-state index contributed by atoms with van der Waals surface area (Å²) in [7, 11) is 0. The number of ether oxygens (including phenoxy) is 1. The summed E-state index contributed by atoms with van der Waals surface area (Å²) < 4.78 is 5.36. The highest BCUT2D eigenvalue weighted by Gasteiger charge is 2.24. The Balaban J connectivity index is 1.81. The molecule has 110 valence electrons. The standard InChI is InChI=1S/C13H26N4O2/c14-13(15-18)11-17(12-3-1-2-4-12)6-5-16-7-9-19-10-8-16/h12,18H,1-11H2,(H2,14,15). The second-order valence-corrected chi connectivity index (χ2v) is 5.45. The fraction of sp³-hybridized carbons (Fsp3) is 0.923. The summed E-state index contributed by atoms with van der Waals surface area (Å²) in [5.74, 6) is 0.314. The van der Waals surface area contributed by atoms with Gasteiger partial charge in [0.15, 0.2) is 5.84 Å². The van der Waals surface area contributed by atoms with Crippen LogP contribution in [0.3, 0.4) is 0 Å². The van der Waals surface area contributed by atoms with Gasteiger partial charge in [0.05, 0.1) is 19.8 Å². The number of amidine groups is 1. The van der Waals surface area contributed by atoms with Crippen LogP contribution in [0.1, 0.15) is 25.7 Å². The van der Waals surface area contributed by atoms with Crippen LogP contribution in [0, 0.1) is 0 Å². The number of rotatable bonds is 6. The first-order valence-electron chi connectivity index (χ1n) is 7.30. The van der Waals surface area contributed by atoms with Gasteiger partial charge in [-0.15, -0.1) is 0 Å². The van der Waals surface area contributed by atoms with Crippen molar-refractivity contribution in [2.75, 3.05) is 45.9 Å². The highest BCUT2D eigenvalue weighted by Crippen LogP contribution is 2.23. The normalized spacial score (nSPS) is 23.3. The molecule has 2 rings (SSSR count). The number of nitrogens with zero attached hydrogens (tertiary/aromatic N) is 3. The number of oxime groups is 1. The van der Waals surface area contributed by atoms with E-state index < -0.39 is 0 Å². The van der Waals surface area contributed by atoms with E-state index in [2.05, 4.69) is 15.0 Å². The van der Waals surface area contributed by atoms with Gasteiger partial charge in [-0.05, 0) is 12.8 Å². The van der Waals surface area contributed by atoms with Crippen LogP contribution in [0.2, 0.25) is 0 Å². The van der Waals surface area contributed by atoms with Crippen LogP contribution in [-0.2, 0) is 4.74 Å². The summed E-state index contributed by atoms with van der Waals surface area (Å²) in [4.78, 5) is 4.80. The Labute approximate surface area is 115 Å². The first kappa shape index (κ1) is 14.6. The van der Waals surface area contributed by atoms with E-state index >= 15 is 0 Å². The molecule has 1 aliphatic carbocycles. The molecule has 1 aliphatic heterocycles. The van der Waals surface area contributed by atoms with Crippen molar-refractivity contribution in [1.29, 1.82) is 0 Å². The molecule has 2 aliphatic rings. The highest BCUT2D eigenvalue weighted by atomic mass is 16.5. The van der Waals surface area contributed by atoms with Gasteiger partial charge >= 0.3 is 0 Å². The van der Waals surface area contributed by atoms with E-state index in [-0.39, 0.29) is 0 Å². The highest BCUT2D eigenvalue weighted by molar-refractivity contribution is 5.81. The Kier molecular flexibility index (Phi) is 5.88. The summed E-state index contributed by atoms with van der Waals surface area (Å²) in [6.07, 6.45) is 5.08. The van der Waals surface area contributed by atoms with Crippen molar-refractivity contribution in [3.05, 3.63) is 0 Å². The quantitative estimate of drug-likeness (QED) is 0.314. The fourth-order valence-corrected chi connectivity index (χ4v) is 2.99. The minimum Gasteiger partial charge on any atom is -0.409 e. The van der Waals surface area contributed by atoms with Gasteiger partial charge in [0.25, 0.3) is 0 Å². The van der Waals surface area contributed by atoms with E-state index in [9.17, 15) is 0 Å². The SMILES string of the molecule is NC(CN(CCN1CCOCC1)C1CCCC1)=NO. The summed E-state index contributed by atoms with van der Waals surface area (Å²) in [6, 6.07) is 0.598. The third-order valence-electron chi connectivity index (χ3n) is 4.14. The molecule has 0 aromatic carbocycles. The number of hydrogen-bond donors (Lipinski definition) is 2. The van der Waals surface area contributed by atoms with Crippen LogP contribution in [-0.4, -0.2) is 72.8 Å². The lowest BCUT2D eigenvalue weighted by Gasteiger charge is -2.32. The molecule has 0 aromatic rings. The Hall–Kier alpha value is -0.850. The minimum absolute atomic E-state index is 0.314. The molecule has 0 spiro atoms. The molecule has 0 aromatic heterocycles. The number of hydrogen-bond acceptors (Lipinski definition) is 5. The zero-order chi connectivity index (χ0) is 13.5. The van der Waals surface area contributed by atoms with Gasteiger partial charge < -0.3 is 15.7 Å². The molecule has 0 radical (unpaired) electrons. The minimum atomic E-state index is 0.314. The van der Waals surface area contributed by atoms with Gasteiger partial charge in [-0.1, -0.05) is 18.0 Å². The number of nitrogens with two attached hydrogens (primary N) is 1. The maximum absolute atomic E-state index is 8.75. The van der Waals surface area contributed by atoms with Gasteiger partial charge in [0.2, 0.25) is 0 Å². The third kappa shape index (κ3) is 4.63. The van der Waals surface area contributed by atoms with E-state index in [1.165, 1.54) is 25.7 Å². The summed E-state index contributed by atoms with van der Waals surface area (Å²) >= 11 is 0. The van der Waals surface area contributed by atoms with E-state index in [1.54, 1.807) is 0 Å². The van der Waals surface area contributed by atoms with E-state index in [0.717, 1.165) is 39.4 Å². The topological polar surface area (TPSA) is 74.3 Å². The van der Waals surface area contributed by atoms with Crippen molar-refractivity contribution in [3.8, 4) is 0 Å². The molecule has 6 nitrogen and oxygen atoms in total. The Morgan fingerprint density at radius 1 is 1.32 bits per heavy atom. The van der Waals surface area contributed by atoms with Crippen molar-refractivity contribution in [3.63, 3.8) is 0 Å². The van der Waals surface area contributed by atoms with Gasteiger partial charge in [-0.25, -0.2) is 0 Å². The molecule has 6 heteroatoms. The smallest absolute Gasteiger partial charge is 0.153 e. The molecular formula is C13H26N4O2. The molecule has 1 heterocycles. The predicted octanol–water partition coefficient (Wildman–Crippen LogP) is 0.310. The largest absolute Gasteiger partial charge is 0.409 e. The van der Waals surface area contributed by atoms with Crippen molar-refractivity contribution in [2.24, 2.45) is 10.9 Å². The van der Waals surface area contributed by atoms with Crippen LogP contribution in [0.4, 0.5) is 0 Å². The monoisotopic (exact) mass is 270 g/mol. The average Bonchev–Trinajstić information content (AvgIpc) is 2.98. The van der Waals surface area contributed by atoms with Crippen molar-refractivity contribution < 1.29 is 9.94 Å². The Morgan fingerprint density at radius 2 is 2.00 bits per heavy atom. The molecule has 0 bridgehead atoms. The average molecular weight is 270 g/mol. The molecule has 0 unspecified atom stereocenters. The van der Waals surface area contributed by atoms with Gasteiger partial charge in [-0.2, -0.15) is 0 Å². The maximum Gasteiger partial charge on any atom is 0.153 e. The summed E-state index contributed by atoms with van der Waals surface area (Å²) in [5, 5.41) is 11.9. The van der Waals surface area contributed by atoms with E-state index in [4.69, 9.17) is 15.7 Å². The van der Waals surface area contributed by atoms with E-state index in [1.807, 2.05) is 0 Å². The molecule has 1 saturated heterocycles. The second kappa shape index (κ2) is 7.67. The lowest BCUT2D eigenvalue weighted by Crippen LogP contribution is -2.46. The third-order valence-corrected chi connectivity index (χ3v) is 4.14. The first-order chi connectivity index (χ1) is 9.29. The van der Waals surface area contributed by atoms with Crippen LogP contribution < -0.4 is 5.73 Å². The zero-order valence-corrected chi connectivity index (χ0v) is 11.6. The predicted molar refractivity (Wildman–Crippen MR) is 74.5 cm³/mol. The molecule has 0 amide bonds. The molecule has 3 N–H and O–H groups in total. The van der Waals surface area contributed by atoms with Crippen molar-refractivity contribution in [1.82, 2.24) is 9.80 Å². The van der Waals surface area contributed by atoms with E-state index in [0.29, 0.717) is 18.4 Å². The van der Waals surface area contributed by atoms with Crippen LogP contribution in [0.5, 0.6) is 0 Å². The van der Waals surface area contributed by atoms with Gasteiger partial charge in [0, 0.05) is 32.2 Å².